The summed E-state index contributed by atoms with van der Waals surface area (Å²) in [5, 5.41) is 14.1. The average molecular weight is 286 g/mol. The fraction of sp³-hybridized carbons (Fsp3) is 0.538. The maximum absolute atomic E-state index is 10.9. The molecule has 0 aliphatic carbocycles. The predicted octanol–water partition coefficient (Wildman–Crippen LogP) is 2.06. The number of para-hydroxylation sites is 1. The first-order valence-corrected chi connectivity index (χ1v) is 6.30. The van der Waals surface area contributed by atoms with E-state index < -0.39 is 0 Å². The number of halogens is 1. The second-order valence-corrected chi connectivity index (χ2v) is 4.83. The molecule has 6 heteroatoms. The van der Waals surface area contributed by atoms with Crippen molar-refractivity contribution in [1.82, 2.24) is 10.2 Å². The lowest BCUT2D eigenvalue weighted by molar-refractivity contribution is -0.385. The van der Waals surface area contributed by atoms with Gasteiger partial charge in [0.15, 0.2) is 0 Å². The zero-order chi connectivity index (χ0) is 13.0. The second kappa shape index (κ2) is 7.43. The van der Waals surface area contributed by atoms with Gasteiger partial charge in [0, 0.05) is 24.7 Å². The third-order valence-electron chi connectivity index (χ3n) is 3.45. The highest BCUT2D eigenvalue weighted by molar-refractivity contribution is 5.85. The lowest BCUT2D eigenvalue weighted by atomic mass is 10.1. The smallest absolute Gasteiger partial charge is 0.273 e. The van der Waals surface area contributed by atoms with E-state index in [1.807, 2.05) is 19.2 Å². The van der Waals surface area contributed by atoms with E-state index in [0.29, 0.717) is 12.5 Å². The van der Waals surface area contributed by atoms with E-state index in [0.717, 1.165) is 25.2 Å². The van der Waals surface area contributed by atoms with Gasteiger partial charge in [-0.3, -0.25) is 15.0 Å². The molecular weight excluding hydrogens is 266 g/mol. The monoisotopic (exact) mass is 285 g/mol. The fourth-order valence-corrected chi connectivity index (χ4v) is 2.58. The molecule has 19 heavy (non-hydrogen) atoms. The number of nitrogens with one attached hydrogen (secondary N) is 1. The van der Waals surface area contributed by atoms with Crippen LogP contribution in [0.25, 0.3) is 0 Å². The quantitative estimate of drug-likeness (QED) is 0.664. The molecule has 1 atom stereocenters. The van der Waals surface area contributed by atoms with Crippen LogP contribution in [0, 0.1) is 16.0 Å². The number of nitro benzene ring substituents is 1. The van der Waals surface area contributed by atoms with Crippen LogP contribution in [-0.4, -0.2) is 36.5 Å². The van der Waals surface area contributed by atoms with Crippen molar-refractivity contribution in [1.29, 1.82) is 0 Å². The molecule has 0 spiro atoms. The van der Waals surface area contributed by atoms with E-state index in [9.17, 15) is 10.1 Å². The Morgan fingerprint density at radius 2 is 2.21 bits per heavy atom. The summed E-state index contributed by atoms with van der Waals surface area (Å²) >= 11 is 0. The maximum atomic E-state index is 10.9. The maximum Gasteiger partial charge on any atom is 0.273 e. The van der Waals surface area contributed by atoms with E-state index in [-0.39, 0.29) is 23.0 Å². The summed E-state index contributed by atoms with van der Waals surface area (Å²) in [4.78, 5) is 12.9. The number of nitro groups is 1. The molecule has 1 heterocycles. The minimum absolute atomic E-state index is 0. The molecule has 1 aliphatic rings. The molecule has 1 unspecified atom stereocenters. The largest absolute Gasteiger partial charge is 0.319 e. The van der Waals surface area contributed by atoms with Crippen molar-refractivity contribution in [3.8, 4) is 0 Å². The molecule has 1 fully saturated rings. The zero-order valence-corrected chi connectivity index (χ0v) is 11.9. The van der Waals surface area contributed by atoms with Crippen molar-refractivity contribution < 1.29 is 4.92 Å². The average Bonchev–Trinajstić information content (AvgIpc) is 2.77. The van der Waals surface area contributed by atoms with Gasteiger partial charge in [0.2, 0.25) is 0 Å². The van der Waals surface area contributed by atoms with E-state index in [1.165, 1.54) is 6.42 Å². The standard InChI is InChI=1S/C13H19N3O2.ClH/c1-14-8-11-6-7-15(9-11)10-12-4-2-3-5-13(12)16(17)18;/h2-5,11,14H,6-10H2,1H3;1H. The van der Waals surface area contributed by atoms with E-state index in [4.69, 9.17) is 0 Å². The molecule has 2 rings (SSSR count). The van der Waals surface area contributed by atoms with Crippen LogP contribution in [0.2, 0.25) is 0 Å². The van der Waals surface area contributed by atoms with Crippen LogP contribution in [0.4, 0.5) is 5.69 Å². The first kappa shape index (κ1) is 15.9. The summed E-state index contributed by atoms with van der Waals surface area (Å²) < 4.78 is 0. The van der Waals surface area contributed by atoms with Crippen molar-refractivity contribution in [2.75, 3.05) is 26.7 Å². The van der Waals surface area contributed by atoms with Crippen LogP contribution in [0.3, 0.4) is 0 Å². The molecule has 0 saturated carbocycles. The summed E-state index contributed by atoms with van der Waals surface area (Å²) in [7, 11) is 1.96. The zero-order valence-electron chi connectivity index (χ0n) is 11.0. The molecule has 1 aromatic rings. The molecule has 1 N–H and O–H groups in total. The number of nitrogens with zero attached hydrogens (tertiary/aromatic N) is 2. The van der Waals surface area contributed by atoms with Gasteiger partial charge >= 0.3 is 0 Å². The Kier molecular flexibility index (Phi) is 6.21. The highest BCUT2D eigenvalue weighted by atomic mass is 35.5. The summed E-state index contributed by atoms with van der Waals surface area (Å²) in [5.74, 6) is 0.665. The van der Waals surface area contributed by atoms with Gasteiger partial charge in [-0.05, 0) is 32.5 Å². The van der Waals surface area contributed by atoms with Gasteiger partial charge in [-0.25, -0.2) is 0 Å². The summed E-state index contributed by atoms with van der Waals surface area (Å²) in [5.41, 5.74) is 1.04. The molecule has 1 aliphatic heterocycles. The Hall–Kier alpha value is -1.17. The molecule has 1 aromatic carbocycles. The van der Waals surface area contributed by atoms with Crippen LogP contribution in [0.15, 0.2) is 24.3 Å². The van der Waals surface area contributed by atoms with Crippen molar-refractivity contribution in [3.05, 3.63) is 39.9 Å². The predicted molar refractivity (Wildman–Crippen MR) is 77.7 cm³/mol. The van der Waals surface area contributed by atoms with Gasteiger partial charge in [-0.2, -0.15) is 0 Å². The van der Waals surface area contributed by atoms with Crippen molar-refractivity contribution in [3.63, 3.8) is 0 Å². The van der Waals surface area contributed by atoms with Crippen molar-refractivity contribution in [2.24, 2.45) is 5.92 Å². The molecule has 5 nitrogen and oxygen atoms in total. The number of hydrogen-bond donors (Lipinski definition) is 1. The number of hydrogen-bond acceptors (Lipinski definition) is 4. The van der Waals surface area contributed by atoms with Crippen LogP contribution >= 0.6 is 12.4 Å². The Morgan fingerprint density at radius 3 is 2.89 bits per heavy atom. The van der Waals surface area contributed by atoms with Crippen LogP contribution in [0.5, 0.6) is 0 Å². The van der Waals surface area contributed by atoms with E-state index in [2.05, 4.69) is 10.2 Å². The van der Waals surface area contributed by atoms with Gasteiger partial charge < -0.3 is 5.32 Å². The third kappa shape index (κ3) is 4.16. The Bertz CT molecular complexity index is 428. The van der Waals surface area contributed by atoms with Crippen LogP contribution in [0.1, 0.15) is 12.0 Å². The molecular formula is C13H20ClN3O2. The SMILES string of the molecule is CNCC1CCN(Cc2ccccc2[N+](=O)[O-])C1.Cl. The second-order valence-electron chi connectivity index (χ2n) is 4.83. The van der Waals surface area contributed by atoms with Gasteiger partial charge in [0.05, 0.1) is 4.92 Å². The fourth-order valence-electron chi connectivity index (χ4n) is 2.58. The first-order valence-electron chi connectivity index (χ1n) is 6.30. The van der Waals surface area contributed by atoms with Gasteiger partial charge in [-0.15, -0.1) is 12.4 Å². The Morgan fingerprint density at radius 1 is 1.47 bits per heavy atom. The normalized spacial score (nSPS) is 19.1. The molecule has 0 bridgehead atoms. The van der Waals surface area contributed by atoms with Crippen molar-refractivity contribution >= 4 is 18.1 Å². The topological polar surface area (TPSA) is 58.4 Å². The number of rotatable bonds is 5. The summed E-state index contributed by atoms with van der Waals surface area (Å²) in [6.07, 6.45) is 1.17. The lowest BCUT2D eigenvalue weighted by Crippen LogP contribution is -2.24. The Balaban J connectivity index is 0.00000180. The molecule has 0 amide bonds. The minimum atomic E-state index is -0.295. The molecule has 106 valence electrons. The van der Waals surface area contributed by atoms with E-state index >= 15 is 0 Å². The highest BCUT2D eigenvalue weighted by Gasteiger charge is 2.23. The third-order valence-corrected chi connectivity index (χ3v) is 3.45. The summed E-state index contributed by atoms with van der Waals surface area (Å²) in [6.45, 7) is 3.75. The number of likely N-dealkylation sites (tertiary alicyclic amines) is 1. The molecule has 0 aromatic heterocycles. The Labute approximate surface area is 119 Å². The first-order chi connectivity index (χ1) is 8.70. The van der Waals surface area contributed by atoms with Gasteiger partial charge in [-0.1, -0.05) is 18.2 Å². The van der Waals surface area contributed by atoms with Crippen LogP contribution < -0.4 is 5.32 Å². The minimum Gasteiger partial charge on any atom is -0.319 e. The van der Waals surface area contributed by atoms with Gasteiger partial charge in [0.1, 0.15) is 0 Å². The lowest BCUT2D eigenvalue weighted by Gasteiger charge is -2.16. The number of benzene rings is 1. The molecule has 1 saturated heterocycles. The summed E-state index contributed by atoms with van der Waals surface area (Å²) in [6, 6.07) is 7.01. The van der Waals surface area contributed by atoms with E-state index in [1.54, 1.807) is 12.1 Å². The highest BCUT2D eigenvalue weighted by Crippen LogP contribution is 2.23. The van der Waals surface area contributed by atoms with Crippen LogP contribution in [-0.2, 0) is 6.54 Å². The van der Waals surface area contributed by atoms with Gasteiger partial charge in [0.25, 0.3) is 5.69 Å². The molecule has 0 radical (unpaired) electrons. The van der Waals surface area contributed by atoms with Crippen molar-refractivity contribution in [2.45, 2.75) is 13.0 Å².